The SMILES string of the molecule is CCS(=O)(=O)CCN(C)CC(C)C(=O)O. The van der Waals surface area contributed by atoms with Gasteiger partial charge in [-0.2, -0.15) is 0 Å². The zero-order valence-corrected chi connectivity index (χ0v) is 10.2. The van der Waals surface area contributed by atoms with Crippen molar-refractivity contribution < 1.29 is 18.3 Å². The maximum atomic E-state index is 11.2. The first kappa shape index (κ1) is 14.4. The molecule has 0 aliphatic carbocycles. The summed E-state index contributed by atoms with van der Waals surface area (Å²) in [7, 11) is -1.23. The van der Waals surface area contributed by atoms with Crippen molar-refractivity contribution in [1.29, 1.82) is 0 Å². The van der Waals surface area contributed by atoms with Crippen molar-refractivity contribution in [1.82, 2.24) is 4.90 Å². The summed E-state index contributed by atoms with van der Waals surface area (Å²) in [4.78, 5) is 12.3. The van der Waals surface area contributed by atoms with Crippen LogP contribution in [0.5, 0.6) is 0 Å². The van der Waals surface area contributed by atoms with Gasteiger partial charge in [-0.25, -0.2) is 8.42 Å². The molecule has 0 aromatic carbocycles. The lowest BCUT2D eigenvalue weighted by molar-refractivity contribution is -0.141. The number of nitrogens with zero attached hydrogens (tertiary/aromatic N) is 1. The molecule has 0 aliphatic rings. The quantitative estimate of drug-likeness (QED) is 0.678. The number of rotatable bonds is 7. The van der Waals surface area contributed by atoms with Crippen LogP contribution in [0.25, 0.3) is 0 Å². The maximum Gasteiger partial charge on any atom is 0.307 e. The van der Waals surface area contributed by atoms with E-state index in [4.69, 9.17) is 5.11 Å². The van der Waals surface area contributed by atoms with Crippen LogP contribution in [0, 0.1) is 5.92 Å². The normalized spacial score (nSPS) is 14.1. The van der Waals surface area contributed by atoms with Gasteiger partial charge in [-0.05, 0) is 7.05 Å². The molecule has 0 fully saturated rings. The van der Waals surface area contributed by atoms with Crippen molar-refractivity contribution in [2.45, 2.75) is 13.8 Å². The van der Waals surface area contributed by atoms with E-state index in [2.05, 4.69) is 0 Å². The lowest BCUT2D eigenvalue weighted by Crippen LogP contribution is -2.32. The van der Waals surface area contributed by atoms with Gasteiger partial charge < -0.3 is 10.0 Å². The maximum absolute atomic E-state index is 11.2. The molecule has 0 aromatic heterocycles. The molecule has 0 radical (unpaired) electrons. The molecular weight excluding hydrogens is 218 g/mol. The van der Waals surface area contributed by atoms with E-state index in [1.165, 1.54) is 0 Å². The largest absolute Gasteiger partial charge is 0.481 e. The number of sulfone groups is 1. The molecule has 1 unspecified atom stereocenters. The monoisotopic (exact) mass is 237 g/mol. The molecule has 0 heterocycles. The predicted octanol–water partition coefficient (Wildman–Crippen LogP) is 0.0736. The molecule has 0 amide bonds. The van der Waals surface area contributed by atoms with Gasteiger partial charge in [0.2, 0.25) is 0 Å². The fourth-order valence-electron chi connectivity index (χ4n) is 1.08. The first-order valence-corrected chi connectivity index (χ1v) is 6.72. The summed E-state index contributed by atoms with van der Waals surface area (Å²) in [5.74, 6) is -1.11. The molecule has 0 saturated heterocycles. The minimum Gasteiger partial charge on any atom is -0.481 e. The number of carbonyl (C=O) groups is 1. The van der Waals surface area contributed by atoms with Crippen LogP contribution in [0.1, 0.15) is 13.8 Å². The van der Waals surface area contributed by atoms with E-state index in [-0.39, 0.29) is 11.5 Å². The molecule has 6 heteroatoms. The molecule has 90 valence electrons. The van der Waals surface area contributed by atoms with Gasteiger partial charge in [0.1, 0.15) is 0 Å². The molecular formula is C9H19NO4S. The fourth-order valence-corrected chi connectivity index (χ4v) is 1.95. The van der Waals surface area contributed by atoms with E-state index in [1.54, 1.807) is 25.8 Å². The third-order valence-electron chi connectivity index (χ3n) is 2.23. The van der Waals surface area contributed by atoms with Gasteiger partial charge in [0.15, 0.2) is 9.84 Å². The highest BCUT2D eigenvalue weighted by Gasteiger charge is 2.15. The van der Waals surface area contributed by atoms with Crippen molar-refractivity contribution >= 4 is 15.8 Å². The lowest BCUT2D eigenvalue weighted by atomic mass is 10.2. The Balaban J connectivity index is 3.95. The second kappa shape index (κ2) is 6.07. The molecule has 0 spiro atoms. The van der Waals surface area contributed by atoms with Crippen LogP contribution >= 0.6 is 0 Å². The van der Waals surface area contributed by atoms with Gasteiger partial charge in [0.05, 0.1) is 11.7 Å². The van der Waals surface area contributed by atoms with E-state index < -0.39 is 21.7 Å². The standard InChI is InChI=1S/C9H19NO4S/c1-4-15(13,14)6-5-10(3)7-8(2)9(11)12/h8H,4-7H2,1-3H3,(H,11,12). The van der Waals surface area contributed by atoms with Crippen molar-refractivity contribution in [2.75, 3.05) is 31.6 Å². The number of carboxylic acid groups (broad SMARTS) is 1. The zero-order chi connectivity index (χ0) is 12.1. The summed E-state index contributed by atoms with van der Waals surface area (Å²) >= 11 is 0. The Morgan fingerprint density at radius 2 is 2.00 bits per heavy atom. The topological polar surface area (TPSA) is 74.7 Å². The Hall–Kier alpha value is -0.620. The van der Waals surface area contributed by atoms with Crippen LogP contribution in [-0.2, 0) is 14.6 Å². The molecule has 0 rings (SSSR count). The summed E-state index contributed by atoms with van der Waals surface area (Å²) in [6, 6.07) is 0. The van der Waals surface area contributed by atoms with Crippen molar-refractivity contribution in [3.8, 4) is 0 Å². The third kappa shape index (κ3) is 6.46. The first-order valence-electron chi connectivity index (χ1n) is 4.90. The summed E-state index contributed by atoms with van der Waals surface area (Å²) < 4.78 is 22.4. The van der Waals surface area contributed by atoms with Crippen LogP contribution < -0.4 is 0 Å². The van der Waals surface area contributed by atoms with Gasteiger partial charge in [0.25, 0.3) is 0 Å². The van der Waals surface area contributed by atoms with Crippen molar-refractivity contribution in [3.05, 3.63) is 0 Å². The number of hydrogen-bond acceptors (Lipinski definition) is 4. The molecule has 0 aromatic rings. The highest BCUT2D eigenvalue weighted by Crippen LogP contribution is 1.99. The van der Waals surface area contributed by atoms with E-state index in [9.17, 15) is 13.2 Å². The van der Waals surface area contributed by atoms with Crippen molar-refractivity contribution in [2.24, 2.45) is 5.92 Å². The van der Waals surface area contributed by atoms with Gasteiger partial charge >= 0.3 is 5.97 Å². The highest BCUT2D eigenvalue weighted by molar-refractivity contribution is 7.91. The van der Waals surface area contributed by atoms with Crippen LogP contribution in [0.15, 0.2) is 0 Å². The molecule has 15 heavy (non-hydrogen) atoms. The minimum atomic E-state index is -2.96. The smallest absolute Gasteiger partial charge is 0.307 e. The first-order chi connectivity index (χ1) is 6.78. The van der Waals surface area contributed by atoms with Gasteiger partial charge in [-0.3, -0.25) is 4.79 Å². The third-order valence-corrected chi connectivity index (χ3v) is 3.92. The second-order valence-electron chi connectivity index (χ2n) is 3.74. The lowest BCUT2D eigenvalue weighted by Gasteiger charge is -2.18. The average molecular weight is 237 g/mol. The summed E-state index contributed by atoms with van der Waals surface area (Å²) in [5, 5.41) is 8.66. The minimum absolute atomic E-state index is 0.0896. The number of aliphatic carboxylic acids is 1. The Bertz CT molecular complexity index is 299. The Kier molecular flexibility index (Phi) is 5.82. The van der Waals surface area contributed by atoms with E-state index in [1.807, 2.05) is 0 Å². The van der Waals surface area contributed by atoms with E-state index >= 15 is 0 Å². The van der Waals surface area contributed by atoms with Gasteiger partial charge in [0, 0.05) is 18.8 Å². The molecule has 0 aliphatic heterocycles. The van der Waals surface area contributed by atoms with Gasteiger partial charge in [-0.15, -0.1) is 0 Å². The molecule has 5 nitrogen and oxygen atoms in total. The molecule has 0 saturated carbocycles. The molecule has 0 bridgehead atoms. The number of hydrogen-bond donors (Lipinski definition) is 1. The summed E-state index contributed by atoms with van der Waals surface area (Å²) in [5.41, 5.74) is 0. The average Bonchev–Trinajstić information content (AvgIpc) is 2.15. The van der Waals surface area contributed by atoms with Crippen molar-refractivity contribution in [3.63, 3.8) is 0 Å². The van der Waals surface area contributed by atoms with E-state index in [0.29, 0.717) is 13.1 Å². The molecule has 1 atom stereocenters. The Labute approximate surface area is 91.0 Å². The summed E-state index contributed by atoms with van der Waals surface area (Å²) in [6.07, 6.45) is 0. The second-order valence-corrected chi connectivity index (χ2v) is 6.21. The van der Waals surface area contributed by atoms with Crippen LogP contribution in [0.2, 0.25) is 0 Å². The zero-order valence-electron chi connectivity index (χ0n) is 9.43. The van der Waals surface area contributed by atoms with Crippen LogP contribution in [-0.4, -0.2) is 56.0 Å². The fraction of sp³-hybridized carbons (Fsp3) is 0.889. The Morgan fingerprint density at radius 3 is 2.40 bits per heavy atom. The highest BCUT2D eigenvalue weighted by atomic mass is 32.2. The van der Waals surface area contributed by atoms with Crippen LogP contribution in [0.3, 0.4) is 0 Å². The molecule has 1 N–H and O–H groups in total. The number of carboxylic acids is 1. The van der Waals surface area contributed by atoms with Gasteiger partial charge in [-0.1, -0.05) is 13.8 Å². The van der Waals surface area contributed by atoms with E-state index in [0.717, 1.165) is 0 Å². The summed E-state index contributed by atoms with van der Waals surface area (Å²) in [6.45, 7) is 3.96. The predicted molar refractivity (Wildman–Crippen MR) is 58.6 cm³/mol. The Morgan fingerprint density at radius 1 is 1.47 bits per heavy atom. The van der Waals surface area contributed by atoms with Crippen LogP contribution in [0.4, 0.5) is 0 Å².